The largest absolute Gasteiger partial charge is 0.325 e. The second-order valence-electron chi connectivity index (χ2n) is 5.02. The number of amides is 1. The Labute approximate surface area is 130 Å². The molecular formula is C17H19ClN2O. The average molecular weight is 303 g/mol. The Morgan fingerprint density at radius 3 is 2.24 bits per heavy atom. The van der Waals surface area contributed by atoms with Crippen LogP contribution in [0.1, 0.15) is 25.5 Å². The summed E-state index contributed by atoms with van der Waals surface area (Å²) >= 11 is 5.82. The van der Waals surface area contributed by atoms with Crippen LogP contribution >= 0.6 is 11.6 Å². The van der Waals surface area contributed by atoms with Crippen molar-refractivity contribution in [2.75, 3.05) is 5.32 Å². The van der Waals surface area contributed by atoms with E-state index in [0.29, 0.717) is 5.02 Å². The van der Waals surface area contributed by atoms with Crippen LogP contribution in [0, 0.1) is 0 Å². The maximum Gasteiger partial charge on any atom is 0.241 e. The zero-order valence-electron chi connectivity index (χ0n) is 12.1. The van der Waals surface area contributed by atoms with E-state index in [1.165, 1.54) is 0 Å². The summed E-state index contributed by atoms with van der Waals surface area (Å²) in [6.45, 7) is 3.89. The molecule has 2 rings (SSSR count). The second-order valence-corrected chi connectivity index (χ2v) is 5.45. The van der Waals surface area contributed by atoms with Gasteiger partial charge in [-0.2, -0.15) is 0 Å². The summed E-state index contributed by atoms with van der Waals surface area (Å²) in [6, 6.07) is 16.9. The highest BCUT2D eigenvalue weighted by Crippen LogP contribution is 2.15. The van der Waals surface area contributed by atoms with Crippen LogP contribution in [0.4, 0.5) is 5.69 Å². The van der Waals surface area contributed by atoms with E-state index in [1.807, 2.05) is 44.2 Å². The third-order valence-electron chi connectivity index (χ3n) is 3.30. The molecule has 0 aliphatic rings. The lowest BCUT2D eigenvalue weighted by Crippen LogP contribution is -2.39. The van der Waals surface area contributed by atoms with Gasteiger partial charge in [-0.1, -0.05) is 41.9 Å². The first-order valence-corrected chi connectivity index (χ1v) is 7.31. The molecule has 0 saturated carbocycles. The minimum atomic E-state index is -0.295. The highest BCUT2D eigenvalue weighted by atomic mass is 35.5. The monoisotopic (exact) mass is 302 g/mol. The van der Waals surface area contributed by atoms with Crippen molar-refractivity contribution in [3.8, 4) is 0 Å². The van der Waals surface area contributed by atoms with Gasteiger partial charge in [0, 0.05) is 16.8 Å². The van der Waals surface area contributed by atoms with E-state index in [0.717, 1.165) is 11.3 Å². The van der Waals surface area contributed by atoms with E-state index in [4.69, 9.17) is 11.6 Å². The lowest BCUT2D eigenvalue weighted by Gasteiger charge is -2.20. The van der Waals surface area contributed by atoms with E-state index in [-0.39, 0.29) is 18.0 Å². The van der Waals surface area contributed by atoms with Crippen molar-refractivity contribution in [3.63, 3.8) is 0 Å². The SMILES string of the molecule is C[C@H](N[C@@H](C)c1ccccc1)C(=O)Nc1ccc(Cl)cc1. The predicted molar refractivity (Wildman–Crippen MR) is 87.5 cm³/mol. The Bertz CT molecular complexity index is 583. The number of anilines is 1. The molecule has 0 heterocycles. The van der Waals surface area contributed by atoms with Gasteiger partial charge in [0.05, 0.1) is 6.04 Å². The molecular weight excluding hydrogens is 284 g/mol. The standard InChI is InChI=1S/C17H19ClN2O/c1-12(14-6-4-3-5-7-14)19-13(2)17(21)20-16-10-8-15(18)9-11-16/h3-13,19H,1-2H3,(H,20,21)/t12-,13-/m0/s1. The van der Waals surface area contributed by atoms with Crippen molar-refractivity contribution < 1.29 is 4.79 Å². The van der Waals surface area contributed by atoms with Crippen LogP contribution in [0.15, 0.2) is 54.6 Å². The number of benzene rings is 2. The van der Waals surface area contributed by atoms with Gasteiger partial charge in [-0.05, 0) is 43.7 Å². The molecule has 1 amide bonds. The van der Waals surface area contributed by atoms with Gasteiger partial charge in [0.25, 0.3) is 0 Å². The Morgan fingerprint density at radius 1 is 1.00 bits per heavy atom. The maximum atomic E-state index is 12.2. The van der Waals surface area contributed by atoms with Gasteiger partial charge < -0.3 is 5.32 Å². The summed E-state index contributed by atoms with van der Waals surface area (Å²) in [5, 5.41) is 6.80. The van der Waals surface area contributed by atoms with Crippen molar-refractivity contribution in [1.82, 2.24) is 5.32 Å². The zero-order valence-corrected chi connectivity index (χ0v) is 12.9. The highest BCUT2D eigenvalue weighted by molar-refractivity contribution is 6.30. The average Bonchev–Trinajstić information content (AvgIpc) is 2.50. The molecule has 2 aromatic rings. The van der Waals surface area contributed by atoms with E-state index in [1.54, 1.807) is 24.3 Å². The minimum Gasteiger partial charge on any atom is -0.325 e. The fourth-order valence-electron chi connectivity index (χ4n) is 2.07. The van der Waals surface area contributed by atoms with E-state index in [9.17, 15) is 4.79 Å². The zero-order chi connectivity index (χ0) is 15.2. The molecule has 0 bridgehead atoms. The molecule has 0 aromatic heterocycles. The number of rotatable bonds is 5. The predicted octanol–water partition coefficient (Wildman–Crippen LogP) is 4.02. The number of nitrogens with one attached hydrogen (secondary N) is 2. The first-order valence-electron chi connectivity index (χ1n) is 6.93. The first kappa shape index (κ1) is 15.5. The van der Waals surface area contributed by atoms with Crippen LogP contribution in [0.5, 0.6) is 0 Å². The van der Waals surface area contributed by atoms with E-state index >= 15 is 0 Å². The van der Waals surface area contributed by atoms with Crippen molar-refractivity contribution >= 4 is 23.2 Å². The van der Waals surface area contributed by atoms with Gasteiger partial charge in [-0.25, -0.2) is 0 Å². The molecule has 2 atom stereocenters. The van der Waals surface area contributed by atoms with Gasteiger partial charge in [-0.15, -0.1) is 0 Å². The summed E-state index contributed by atoms with van der Waals surface area (Å²) in [5.74, 6) is -0.0693. The summed E-state index contributed by atoms with van der Waals surface area (Å²) in [6.07, 6.45) is 0. The van der Waals surface area contributed by atoms with Crippen LogP contribution in [-0.2, 0) is 4.79 Å². The van der Waals surface area contributed by atoms with Gasteiger partial charge in [0.15, 0.2) is 0 Å². The summed E-state index contributed by atoms with van der Waals surface area (Å²) in [7, 11) is 0. The third kappa shape index (κ3) is 4.59. The first-order chi connectivity index (χ1) is 10.1. The molecule has 0 radical (unpaired) electrons. The Kier molecular flexibility index (Phi) is 5.37. The van der Waals surface area contributed by atoms with Gasteiger partial charge in [0.2, 0.25) is 5.91 Å². The molecule has 0 saturated heterocycles. The van der Waals surface area contributed by atoms with E-state index < -0.39 is 0 Å². The van der Waals surface area contributed by atoms with Crippen LogP contribution in [0.3, 0.4) is 0 Å². The quantitative estimate of drug-likeness (QED) is 0.876. The lowest BCUT2D eigenvalue weighted by atomic mass is 10.1. The smallest absolute Gasteiger partial charge is 0.241 e. The van der Waals surface area contributed by atoms with E-state index in [2.05, 4.69) is 10.6 Å². The summed E-state index contributed by atoms with van der Waals surface area (Å²) in [5.41, 5.74) is 1.90. The van der Waals surface area contributed by atoms with Crippen molar-refractivity contribution in [2.24, 2.45) is 0 Å². The number of halogens is 1. The van der Waals surface area contributed by atoms with Crippen molar-refractivity contribution in [1.29, 1.82) is 0 Å². The Morgan fingerprint density at radius 2 is 1.62 bits per heavy atom. The molecule has 3 nitrogen and oxygen atoms in total. The fourth-order valence-corrected chi connectivity index (χ4v) is 2.20. The molecule has 0 fully saturated rings. The summed E-state index contributed by atoms with van der Waals surface area (Å²) in [4.78, 5) is 12.2. The molecule has 2 N–H and O–H groups in total. The van der Waals surface area contributed by atoms with Gasteiger partial charge in [0.1, 0.15) is 0 Å². The molecule has 0 aliphatic carbocycles. The molecule has 0 aliphatic heterocycles. The van der Waals surface area contributed by atoms with Crippen LogP contribution in [0.2, 0.25) is 5.02 Å². The van der Waals surface area contributed by atoms with Crippen LogP contribution in [-0.4, -0.2) is 11.9 Å². The second kappa shape index (κ2) is 7.25. The summed E-state index contributed by atoms with van der Waals surface area (Å²) < 4.78 is 0. The van der Waals surface area contributed by atoms with Gasteiger partial charge in [-0.3, -0.25) is 10.1 Å². The number of hydrogen-bond donors (Lipinski definition) is 2. The van der Waals surface area contributed by atoms with Crippen molar-refractivity contribution in [2.45, 2.75) is 25.9 Å². The normalized spacial score (nSPS) is 13.5. The molecule has 2 aromatic carbocycles. The Hall–Kier alpha value is -1.84. The number of carbonyl (C=O) groups excluding carboxylic acids is 1. The fraction of sp³-hybridized carbons (Fsp3) is 0.235. The maximum absolute atomic E-state index is 12.2. The third-order valence-corrected chi connectivity index (χ3v) is 3.56. The molecule has 0 spiro atoms. The van der Waals surface area contributed by atoms with Gasteiger partial charge >= 0.3 is 0 Å². The van der Waals surface area contributed by atoms with Crippen molar-refractivity contribution in [3.05, 3.63) is 65.2 Å². The molecule has 110 valence electrons. The molecule has 21 heavy (non-hydrogen) atoms. The molecule has 0 unspecified atom stereocenters. The number of hydrogen-bond acceptors (Lipinski definition) is 2. The highest BCUT2D eigenvalue weighted by Gasteiger charge is 2.16. The van der Waals surface area contributed by atoms with Crippen LogP contribution in [0.25, 0.3) is 0 Å². The van der Waals surface area contributed by atoms with Crippen LogP contribution < -0.4 is 10.6 Å². The topological polar surface area (TPSA) is 41.1 Å². The minimum absolute atomic E-state index is 0.0693. The Balaban J connectivity index is 1.92. The lowest BCUT2D eigenvalue weighted by molar-refractivity contribution is -0.117. The number of carbonyl (C=O) groups is 1. The molecule has 4 heteroatoms.